The summed E-state index contributed by atoms with van der Waals surface area (Å²) >= 11 is 3.48. The summed E-state index contributed by atoms with van der Waals surface area (Å²) in [5, 5.41) is 0. The number of nitrogens with zero attached hydrogens (tertiary/aromatic N) is 2. The van der Waals surface area contributed by atoms with E-state index in [4.69, 9.17) is 0 Å². The van der Waals surface area contributed by atoms with Gasteiger partial charge < -0.3 is 0 Å². The Morgan fingerprint density at radius 1 is 1.20 bits per heavy atom. The molecule has 0 unspecified atom stereocenters. The van der Waals surface area contributed by atoms with Gasteiger partial charge in [-0.05, 0) is 59.1 Å². The Balaban J connectivity index is 2.34. The van der Waals surface area contributed by atoms with Crippen LogP contribution in [0.4, 0.5) is 0 Å². The van der Waals surface area contributed by atoms with E-state index < -0.39 is 0 Å². The molecule has 3 aromatic rings. The fourth-order valence-electron chi connectivity index (χ4n) is 2.29. The molecule has 0 aliphatic rings. The summed E-state index contributed by atoms with van der Waals surface area (Å²) in [6, 6.07) is 10.0. The number of carbonyl (C=O) groups excluding carboxylic acids is 1. The van der Waals surface area contributed by atoms with Crippen molar-refractivity contribution in [2.24, 2.45) is 0 Å². The molecule has 20 heavy (non-hydrogen) atoms. The van der Waals surface area contributed by atoms with Crippen molar-refractivity contribution in [1.29, 1.82) is 0 Å². The van der Waals surface area contributed by atoms with Crippen molar-refractivity contribution >= 4 is 27.7 Å². The van der Waals surface area contributed by atoms with E-state index in [-0.39, 0.29) is 0 Å². The third-order valence-electron chi connectivity index (χ3n) is 3.52. The minimum atomic E-state index is 0.450. The van der Waals surface area contributed by atoms with Crippen LogP contribution in [0.25, 0.3) is 16.9 Å². The van der Waals surface area contributed by atoms with Gasteiger partial charge in [-0.25, -0.2) is 4.98 Å². The minimum Gasteiger partial charge on any atom is -0.298 e. The molecule has 3 rings (SSSR count). The lowest BCUT2D eigenvalue weighted by molar-refractivity contribution is 0.112. The number of aldehydes is 1. The van der Waals surface area contributed by atoms with Gasteiger partial charge in [0.2, 0.25) is 0 Å². The maximum absolute atomic E-state index is 11.2. The van der Waals surface area contributed by atoms with Gasteiger partial charge in [0.1, 0.15) is 11.5 Å². The lowest BCUT2D eigenvalue weighted by Gasteiger charge is -2.05. The van der Waals surface area contributed by atoms with Gasteiger partial charge in [-0.1, -0.05) is 12.1 Å². The second-order valence-electron chi connectivity index (χ2n) is 4.81. The second-order valence-corrected chi connectivity index (χ2v) is 5.67. The number of halogens is 1. The molecule has 1 aromatic carbocycles. The summed E-state index contributed by atoms with van der Waals surface area (Å²) in [5.41, 5.74) is 4.71. The molecule has 0 N–H and O–H groups in total. The number of fused-ring (bicyclic) bond motifs is 1. The summed E-state index contributed by atoms with van der Waals surface area (Å²) in [4.78, 5) is 15.7. The lowest BCUT2D eigenvalue weighted by Crippen LogP contribution is -1.90. The monoisotopic (exact) mass is 328 g/mol. The Hall–Kier alpha value is -1.94. The normalized spacial score (nSPS) is 10.9. The molecular formula is C16H13BrN2O. The van der Waals surface area contributed by atoms with Crippen LogP contribution in [0.3, 0.4) is 0 Å². The van der Waals surface area contributed by atoms with Gasteiger partial charge in [-0.2, -0.15) is 0 Å². The van der Waals surface area contributed by atoms with Crippen LogP contribution in [-0.4, -0.2) is 15.7 Å². The molecule has 0 radical (unpaired) electrons. The number of rotatable bonds is 2. The summed E-state index contributed by atoms with van der Waals surface area (Å²) < 4.78 is 2.81. The molecule has 0 aliphatic carbocycles. The highest BCUT2D eigenvalue weighted by Crippen LogP contribution is 2.28. The van der Waals surface area contributed by atoms with Crippen LogP contribution in [0.2, 0.25) is 0 Å². The van der Waals surface area contributed by atoms with Gasteiger partial charge in [-0.3, -0.25) is 9.20 Å². The molecule has 2 heterocycles. The molecule has 0 amide bonds. The molecule has 0 atom stereocenters. The summed E-state index contributed by atoms with van der Waals surface area (Å²) in [7, 11) is 0. The van der Waals surface area contributed by atoms with Crippen LogP contribution in [0, 0.1) is 13.8 Å². The van der Waals surface area contributed by atoms with Crippen molar-refractivity contribution in [3.05, 3.63) is 57.8 Å². The predicted molar refractivity (Wildman–Crippen MR) is 83.2 cm³/mol. The third-order valence-corrected chi connectivity index (χ3v) is 4.16. The fraction of sp³-hybridized carbons (Fsp3) is 0.125. The molecular weight excluding hydrogens is 316 g/mol. The maximum atomic E-state index is 11.2. The molecule has 0 spiro atoms. The zero-order valence-corrected chi connectivity index (χ0v) is 12.8. The first kappa shape index (κ1) is 13.1. The molecule has 100 valence electrons. The zero-order chi connectivity index (χ0) is 14.3. The van der Waals surface area contributed by atoms with Gasteiger partial charge in [0.15, 0.2) is 6.29 Å². The van der Waals surface area contributed by atoms with Crippen LogP contribution in [-0.2, 0) is 0 Å². The average Bonchev–Trinajstić information content (AvgIpc) is 2.82. The third kappa shape index (κ3) is 1.96. The zero-order valence-electron chi connectivity index (χ0n) is 11.2. The molecule has 0 fully saturated rings. The SMILES string of the molecule is Cc1ccc(-c2nc(C=O)c3c(Br)cccn23)cc1C. The van der Waals surface area contributed by atoms with E-state index in [1.165, 1.54) is 11.1 Å². The summed E-state index contributed by atoms with van der Waals surface area (Å²) in [6.45, 7) is 4.15. The van der Waals surface area contributed by atoms with Crippen molar-refractivity contribution in [2.75, 3.05) is 0 Å². The van der Waals surface area contributed by atoms with E-state index in [1.807, 2.05) is 28.8 Å². The molecule has 4 heteroatoms. The van der Waals surface area contributed by atoms with E-state index in [1.54, 1.807) is 0 Å². The van der Waals surface area contributed by atoms with Crippen molar-refractivity contribution < 1.29 is 4.79 Å². The first-order valence-electron chi connectivity index (χ1n) is 6.31. The van der Waals surface area contributed by atoms with E-state index in [9.17, 15) is 4.79 Å². The van der Waals surface area contributed by atoms with Crippen molar-refractivity contribution in [2.45, 2.75) is 13.8 Å². The molecule has 0 saturated heterocycles. The molecule has 0 aliphatic heterocycles. The predicted octanol–water partition coefficient (Wildman–Crippen LogP) is 4.19. The average molecular weight is 329 g/mol. The fourth-order valence-corrected chi connectivity index (χ4v) is 2.84. The van der Waals surface area contributed by atoms with Crippen molar-refractivity contribution in [1.82, 2.24) is 9.38 Å². The molecule has 0 saturated carbocycles. The van der Waals surface area contributed by atoms with Crippen LogP contribution >= 0.6 is 15.9 Å². The van der Waals surface area contributed by atoms with Gasteiger partial charge >= 0.3 is 0 Å². The number of hydrogen-bond donors (Lipinski definition) is 0. The largest absolute Gasteiger partial charge is 0.298 e. The Morgan fingerprint density at radius 2 is 2.00 bits per heavy atom. The maximum Gasteiger partial charge on any atom is 0.170 e. The highest BCUT2D eigenvalue weighted by molar-refractivity contribution is 9.10. The first-order valence-corrected chi connectivity index (χ1v) is 7.10. The number of aromatic nitrogens is 2. The second kappa shape index (κ2) is 4.87. The van der Waals surface area contributed by atoms with E-state index in [2.05, 4.69) is 46.9 Å². The van der Waals surface area contributed by atoms with Crippen LogP contribution < -0.4 is 0 Å². The number of benzene rings is 1. The van der Waals surface area contributed by atoms with Gasteiger partial charge in [-0.15, -0.1) is 0 Å². The van der Waals surface area contributed by atoms with Crippen LogP contribution in [0.1, 0.15) is 21.6 Å². The van der Waals surface area contributed by atoms with Crippen molar-refractivity contribution in [3.8, 4) is 11.4 Å². The topological polar surface area (TPSA) is 34.4 Å². The standard InChI is InChI=1S/C16H13BrN2O/c1-10-5-6-12(8-11(10)2)16-18-14(9-20)15-13(17)4-3-7-19(15)16/h3-9H,1-2H3. The van der Waals surface area contributed by atoms with Crippen molar-refractivity contribution in [3.63, 3.8) is 0 Å². The Labute approximate surface area is 125 Å². The number of carbonyl (C=O) groups is 1. The highest BCUT2D eigenvalue weighted by atomic mass is 79.9. The van der Waals surface area contributed by atoms with Gasteiger partial charge in [0, 0.05) is 16.2 Å². The Bertz CT molecular complexity index is 821. The smallest absolute Gasteiger partial charge is 0.170 e. The number of imidazole rings is 1. The molecule has 3 nitrogen and oxygen atoms in total. The number of pyridine rings is 1. The summed E-state index contributed by atoms with van der Waals surface area (Å²) in [6.07, 6.45) is 2.72. The van der Waals surface area contributed by atoms with E-state index in [0.717, 1.165) is 27.7 Å². The number of hydrogen-bond acceptors (Lipinski definition) is 2. The van der Waals surface area contributed by atoms with E-state index in [0.29, 0.717) is 5.69 Å². The first-order chi connectivity index (χ1) is 9.61. The molecule has 0 bridgehead atoms. The molecule has 2 aromatic heterocycles. The number of aryl methyl sites for hydroxylation is 2. The van der Waals surface area contributed by atoms with Crippen LogP contribution in [0.15, 0.2) is 41.0 Å². The Morgan fingerprint density at radius 3 is 2.70 bits per heavy atom. The lowest BCUT2D eigenvalue weighted by atomic mass is 10.1. The minimum absolute atomic E-state index is 0.450. The van der Waals surface area contributed by atoms with Crippen LogP contribution in [0.5, 0.6) is 0 Å². The quantitative estimate of drug-likeness (QED) is 0.661. The van der Waals surface area contributed by atoms with Gasteiger partial charge in [0.25, 0.3) is 0 Å². The Kier molecular flexibility index (Phi) is 3.18. The highest BCUT2D eigenvalue weighted by Gasteiger charge is 2.14. The van der Waals surface area contributed by atoms with Gasteiger partial charge in [0.05, 0.1) is 5.52 Å². The summed E-state index contributed by atoms with van der Waals surface area (Å²) in [5.74, 6) is 0.784. The van der Waals surface area contributed by atoms with E-state index >= 15 is 0 Å².